The van der Waals surface area contributed by atoms with E-state index >= 15 is 0 Å². The Hall–Kier alpha value is -1.84. The molecule has 0 unspecified atom stereocenters. The average Bonchev–Trinajstić information content (AvgIpc) is 3.06. The molecule has 1 aliphatic heterocycles. The van der Waals surface area contributed by atoms with Gasteiger partial charge in [-0.3, -0.25) is 14.5 Å². The molecule has 2 rings (SSSR count). The van der Waals surface area contributed by atoms with Crippen molar-refractivity contribution >= 4 is 23.2 Å². The van der Waals surface area contributed by atoms with Crippen LogP contribution in [0.2, 0.25) is 0 Å². The molecule has 0 bridgehead atoms. The number of nitrogens with one attached hydrogen (secondary N) is 2. The van der Waals surface area contributed by atoms with Crippen molar-refractivity contribution in [3.63, 3.8) is 0 Å². The fourth-order valence-electron chi connectivity index (χ4n) is 2.48. The van der Waals surface area contributed by atoms with Crippen molar-refractivity contribution < 1.29 is 9.59 Å². The molecule has 0 radical (unpaired) electrons. The van der Waals surface area contributed by atoms with Crippen molar-refractivity contribution in [2.24, 2.45) is 5.92 Å². The lowest BCUT2D eigenvalue weighted by molar-refractivity contribution is -0.126. The lowest BCUT2D eigenvalue weighted by Crippen LogP contribution is -2.42. The summed E-state index contributed by atoms with van der Waals surface area (Å²) in [6.07, 6.45) is 6.97. The second-order valence-corrected chi connectivity index (χ2v) is 6.23. The minimum Gasteiger partial charge on any atom is -0.354 e. The minimum absolute atomic E-state index is 0.0574. The van der Waals surface area contributed by atoms with Gasteiger partial charge in [0.25, 0.3) is 5.91 Å². The van der Waals surface area contributed by atoms with Gasteiger partial charge in [-0.2, -0.15) is 0 Å². The smallest absolute Gasteiger partial charge is 0.261 e. The fraction of sp³-hybridized carbons (Fsp3) is 0.500. The maximum Gasteiger partial charge on any atom is 0.261 e. The molecule has 0 spiro atoms. The lowest BCUT2D eigenvalue weighted by Gasteiger charge is -2.29. The van der Waals surface area contributed by atoms with Crippen molar-refractivity contribution in [3.05, 3.63) is 22.4 Å². The maximum atomic E-state index is 12.1. The third-order valence-corrected chi connectivity index (χ3v) is 4.60. The third-order valence-electron chi connectivity index (χ3n) is 3.73. The molecule has 1 saturated heterocycles. The van der Waals surface area contributed by atoms with Crippen LogP contribution in [0.4, 0.5) is 0 Å². The van der Waals surface area contributed by atoms with Crippen LogP contribution in [-0.4, -0.2) is 49.4 Å². The van der Waals surface area contributed by atoms with Crippen LogP contribution in [0.25, 0.3) is 0 Å². The number of hydrogen-bond donors (Lipinski definition) is 2. The summed E-state index contributed by atoms with van der Waals surface area (Å²) < 4.78 is 0. The van der Waals surface area contributed by atoms with E-state index in [2.05, 4.69) is 21.5 Å². The number of thiophene rings is 1. The van der Waals surface area contributed by atoms with Crippen molar-refractivity contribution in [2.75, 3.05) is 32.7 Å². The zero-order valence-electron chi connectivity index (χ0n) is 12.5. The molecule has 1 fully saturated rings. The van der Waals surface area contributed by atoms with Crippen LogP contribution >= 0.6 is 11.3 Å². The van der Waals surface area contributed by atoms with E-state index in [9.17, 15) is 9.59 Å². The summed E-state index contributed by atoms with van der Waals surface area (Å²) in [6, 6.07) is 3.62. The molecule has 0 atom stereocenters. The van der Waals surface area contributed by atoms with E-state index < -0.39 is 0 Å². The number of rotatable bonds is 6. The zero-order chi connectivity index (χ0) is 15.8. The molecule has 5 nitrogen and oxygen atoms in total. The van der Waals surface area contributed by atoms with Crippen LogP contribution in [0.3, 0.4) is 0 Å². The summed E-state index contributed by atoms with van der Waals surface area (Å²) in [6.45, 7) is 3.30. The minimum atomic E-state index is -0.0909. The molecule has 2 amide bonds. The molecule has 0 aliphatic carbocycles. The summed E-state index contributed by atoms with van der Waals surface area (Å²) in [4.78, 5) is 26.6. The van der Waals surface area contributed by atoms with Crippen LogP contribution in [0.1, 0.15) is 22.5 Å². The van der Waals surface area contributed by atoms with E-state index in [0.717, 1.165) is 25.9 Å². The van der Waals surface area contributed by atoms with Crippen molar-refractivity contribution in [1.29, 1.82) is 0 Å². The quantitative estimate of drug-likeness (QED) is 0.606. The normalized spacial score (nSPS) is 16.0. The Morgan fingerprint density at radius 2 is 2.05 bits per heavy atom. The Bertz CT molecular complexity index is 528. The number of piperidine rings is 1. The van der Waals surface area contributed by atoms with Crippen LogP contribution in [-0.2, 0) is 4.79 Å². The largest absolute Gasteiger partial charge is 0.354 e. The molecule has 1 aromatic rings. The first kappa shape index (κ1) is 16.5. The second kappa shape index (κ2) is 8.57. The summed E-state index contributed by atoms with van der Waals surface area (Å²) in [5.74, 6) is 2.67. The van der Waals surface area contributed by atoms with E-state index in [4.69, 9.17) is 6.42 Å². The standard InChI is InChI=1S/C16H21N3O2S/c1-2-9-19-10-5-13(6-11-19)15(20)17-7-8-18-16(21)14-4-3-12-22-14/h1,3-4,12-13H,5-11H2,(H,17,20)(H,18,21). The van der Waals surface area contributed by atoms with Gasteiger partial charge >= 0.3 is 0 Å². The van der Waals surface area contributed by atoms with Gasteiger partial charge in [0.2, 0.25) is 5.91 Å². The van der Waals surface area contributed by atoms with Crippen LogP contribution < -0.4 is 10.6 Å². The molecule has 6 heteroatoms. The number of terminal acetylenes is 1. The predicted octanol–water partition coefficient (Wildman–Crippen LogP) is 0.939. The van der Waals surface area contributed by atoms with Crippen LogP contribution in [0.15, 0.2) is 17.5 Å². The molecule has 22 heavy (non-hydrogen) atoms. The molecular formula is C16H21N3O2S. The number of carbonyl (C=O) groups is 2. The van der Waals surface area contributed by atoms with Gasteiger partial charge in [0.15, 0.2) is 0 Å². The number of likely N-dealkylation sites (tertiary alicyclic amines) is 1. The number of nitrogens with zero attached hydrogens (tertiary/aromatic N) is 1. The summed E-state index contributed by atoms with van der Waals surface area (Å²) in [5, 5.41) is 7.55. The lowest BCUT2D eigenvalue weighted by atomic mass is 9.96. The highest BCUT2D eigenvalue weighted by molar-refractivity contribution is 7.12. The highest BCUT2D eigenvalue weighted by atomic mass is 32.1. The van der Waals surface area contributed by atoms with Gasteiger partial charge in [0.1, 0.15) is 0 Å². The van der Waals surface area contributed by atoms with Gasteiger partial charge in [-0.15, -0.1) is 17.8 Å². The number of carbonyl (C=O) groups excluding carboxylic acids is 2. The van der Waals surface area contributed by atoms with E-state index in [0.29, 0.717) is 24.5 Å². The van der Waals surface area contributed by atoms with E-state index in [1.165, 1.54) is 11.3 Å². The molecule has 0 aromatic carbocycles. The van der Waals surface area contributed by atoms with Crippen LogP contribution in [0.5, 0.6) is 0 Å². The molecule has 2 N–H and O–H groups in total. The van der Waals surface area contributed by atoms with Gasteiger partial charge < -0.3 is 10.6 Å². The zero-order valence-corrected chi connectivity index (χ0v) is 13.3. The highest BCUT2D eigenvalue weighted by Crippen LogP contribution is 2.16. The van der Waals surface area contributed by atoms with E-state index in [1.807, 2.05) is 11.4 Å². The molecule has 1 aromatic heterocycles. The molecular weight excluding hydrogens is 298 g/mol. The SMILES string of the molecule is C#CCN1CCC(C(=O)NCCNC(=O)c2cccs2)CC1. The van der Waals surface area contributed by atoms with Gasteiger partial charge in [0.05, 0.1) is 11.4 Å². The predicted molar refractivity (Wildman–Crippen MR) is 87.7 cm³/mol. The average molecular weight is 319 g/mol. The van der Waals surface area contributed by atoms with E-state index in [-0.39, 0.29) is 17.7 Å². The van der Waals surface area contributed by atoms with Gasteiger partial charge in [-0.05, 0) is 37.4 Å². The molecule has 1 aliphatic rings. The first-order valence-electron chi connectivity index (χ1n) is 7.46. The second-order valence-electron chi connectivity index (χ2n) is 5.28. The summed E-state index contributed by atoms with van der Waals surface area (Å²) in [7, 11) is 0. The molecule has 0 saturated carbocycles. The highest BCUT2D eigenvalue weighted by Gasteiger charge is 2.24. The fourth-order valence-corrected chi connectivity index (χ4v) is 3.12. The monoisotopic (exact) mass is 319 g/mol. The molecule has 2 heterocycles. The Kier molecular flexibility index (Phi) is 6.44. The van der Waals surface area contributed by atoms with Crippen molar-refractivity contribution in [2.45, 2.75) is 12.8 Å². The number of hydrogen-bond acceptors (Lipinski definition) is 4. The summed E-state index contributed by atoms with van der Waals surface area (Å²) >= 11 is 1.40. The van der Waals surface area contributed by atoms with Crippen molar-refractivity contribution in [1.82, 2.24) is 15.5 Å². The van der Waals surface area contributed by atoms with E-state index in [1.54, 1.807) is 6.07 Å². The Morgan fingerprint density at radius 3 is 2.68 bits per heavy atom. The first-order chi connectivity index (χ1) is 10.7. The summed E-state index contributed by atoms with van der Waals surface area (Å²) in [5.41, 5.74) is 0. The van der Waals surface area contributed by atoms with Crippen molar-refractivity contribution in [3.8, 4) is 12.3 Å². The van der Waals surface area contributed by atoms with Gasteiger partial charge in [0, 0.05) is 19.0 Å². The number of amides is 2. The Labute approximate surface area is 135 Å². The third kappa shape index (κ3) is 4.86. The Balaban J connectivity index is 1.60. The topological polar surface area (TPSA) is 61.4 Å². The van der Waals surface area contributed by atoms with Gasteiger partial charge in [-0.25, -0.2) is 0 Å². The van der Waals surface area contributed by atoms with Gasteiger partial charge in [-0.1, -0.05) is 12.0 Å². The maximum absolute atomic E-state index is 12.1. The van der Waals surface area contributed by atoms with Crippen LogP contribution in [0, 0.1) is 18.3 Å². The Morgan fingerprint density at radius 1 is 1.32 bits per heavy atom. The molecule has 118 valence electrons. The first-order valence-corrected chi connectivity index (χ1v) is 8.34.